The Morgan fingerprint density at radius 2 is 1.70 bits per heavy atom. The molecule has 2 aromatic rings. The van der Waals surface area contributed by atoms with Crippen LogP contribution >= 0.6 is 0 Å². The van der Waals surface area contributed by atoms with Crippen LogP contribution in [-0.4, -0.2) is 51.9 Å². The van der Waals surface area contributed by atoms with Crippen LogP contribution in [-0.2, 0) is 30.8 Å². The van der Waals surface area contributed by atoms with Crippen LogP contribution in [0, 0.1) is 6.92 Å². The predicted molar refractivity (Wildman–Crippen MR) is 113 cm³/mol. The minimum atomic E-state index is -3.64. The van der Waals surface area contributed by atoms with Crippen molar-refractivity contribution < 1.29 is 27.5 Å². The summed E-state index contributed by atoms with van der Waals surface area (Å²) >= 11 is 0. The lowest BCUT2D eigenvalue weighted by atomic mass is 10.2. The minimum Gasteiger partial charge on any atom is -0.482 e. The Kier molecular flexibility index (Phi) is 7.96. The van der Waals surface area contributed by atoms with Crippen LogP contribution in [0.25, 0.3) is 0 Å². The van der Waals surface area contributed by atoms with Gasteiger partial charge in [-0.2, -0.15) is 0 Å². The third-order valence-corrected chi connectivity index (χ3v) is 6.13. The number of aryl methyl sites for hydroxylation is 2. The second kappa shape index (κ2) is 10.2. The number of benzene rings is 2. The number of hydrogen-bond donors (Lipinski definition) is 1. The molecule has 2 aromatic carbocycles. The molecule has 0 saturated heterocycles. The molecule has 2 rings (SSSR count). The number of nitrogens with one attached hydrogen (secondary N) is 1. The molecule has 9 heteroatoms. The SMILES string of the molecule is CCc1ccc(OCC(=O)OCC(=O)Nc2cc(S(=O)(=O)N(C)C)ccc2C)cc1. The summed E-state index contributed by atoms with van der Waals surface area (Å²) in [6, 6.07) is 11.8. The van der Waals surface area contributed by atoms with E-state index in [4.69, 9.17) is 9.47 Å². The molecule has 0 aliphatic heterocycles. The highest BCUT2D eigenvalue weighted by molar-refractivity contribution is 7.89. The van der Waals surface area contributed by atoms with E-state index < -0.39 is 28.5 Å². The van der Waals surface area contributed by atoms with Gasteiger partial charge in [-0.05, 0) is 48.7 Å². The van der Waals surface area contributed by atoms with Crippen molar-refractivity contribution >= 4 is 27.6 Å². The van der Waals surface area contributed by atoms with E-state index in [0.717, 1.165) is 16.3 Å². The van der Waals surface area contributed by atoms with Crippen LogP contribution in [0.15, 0.2) is 47.4 Å². The van der Waals surface area contributed by atoms with E-state index in [1.165, 1.54) is 26.2 Å². The lowest BCUT2D eigenvalue weighted by Gasteiger charge is -2.14. The second-order valence-corrected chi connectivity index (χ2v) is 8.91. The topological polar surface area (TPSA) is 102 Å². The van der Waals surface area contributed by atoms with Crippen LogP contribution in [0.2, 0.25) is 0 Å². The van der Waals surface area contributed by atoms with Crippen molar-refractivity contribution in [3.63, 3.8) is 0 Å². The number of esters is 1. The molecule has 0 bridgehead atoms. The Bertz CT molecular complexity index is 1000. The molecule has 0 fully saturated rings. The summed E-state index contributed by atoms with van der Waals surface area (Å²) in [6.45, 7) is 2.93. The van der Waals surface area contributed by atoms with Gasteiger partial charge in [0.1, 0.15) is 5.75 Å². The number of rotatable bonds is 9. The van der Waals surface area contributed by atoms with Gasteiger partial charge >= 0.3 is 5.97 Å². The highest BCUT2D eigenvalue weighted by Gasteiger charge is 2.19. The van der Waals surface area contributed by atoms with E-state index in [1.54, 1.807) is 25.1 Å². The monoisotopic (exact) mass is 434 g/mol. The van der Waals surface area contributed by atoms with Gasteiger partial charge in [0.2, 0.25) is 10.0 Å². The molecule has 0 aromatic heterocycles. The first-order valence-electron chi connectivity index (χ1n) is 9.34. The summed E-state index contributed by atoms with van der Waals surface area (Å²) in [5, 5.41) is 2.56. The predicted octanol–water partition coefficient (Wildman–Crippen LogP) is 2.37. The first-order valence-corrected chi connectivity index (χ1v) is 10.8. The number of anilines is 1. The maximum Gasteiger partial charge on any atom is 0.344 e. The van der Waals surface area contributed by atoms with Gasteiger partial charge in [0.25, 0.3) is 5.91 Å². The van der Waals surface area contributed by atoms with Crippen LogP contribution in [0.4, 0.5) is 5.69 Å². The van der Waals surface area contributed by atoms with Gasteiger partial charge in [0.15, 0.2) is 13.2 Å². The van der Waals surface area contributed by atoms with E-state index >= 15 is 0 Å². The maximum absolute atomic E-state index is 12.3. The first kappa shape index (κ1) is 23.4. The Morgan fingerprint density at radius 1 is 1.03 bits per heavy atom. The summed E-state index contributed by atoms with van der Waals surface area (Å²) in [4.78, 5) is 24.0. The summed E-state index contributed by atoms with van der Waals surface area (Å²) < 4.78 is 35.8. The first-order chi connectivity index (χ1) is 14.1. The van der Waals surface area contributed by atoms with Crippen LogP contribution in [0.3, 0.4) is 0 Å². The van der Waals surface area contributed by atoms with Gasteiger partial charge in [-0.15, -0.1) is 0 Å². The van der Waals surface area contributed by atoms with Crippen molar-refractivity contribution in [2.45, 2.75) is 25.2 Å². The van der Waals surface area contributed by atoms with E-state index in [9.17, 15) is 18.0 Å². The van der Waals surface area contributed by atoms with Gasteiger partial charge in [0.05, 0.1) is 4.90 Å². The molecule has 0 saturated carbocycles. The fourth-order valence-electron chi connectivity index (χ4n) is 2.44. The van der Waals surface area contributed by atoms with Gasteiger partial charge in [-0.1, -0.05) is 25.1 Å². The molecule has 0 spiro atoms. The second-order valence-electron chi connectivity index (χ2n) is 6.76. The van der Waals surface area contributed by atoms with E-state index in [1.807, 2.05) is 19.1 Å². The van der Waals surface area contributed by atoms with Gasteiger partial charge in [-0.25, -0.2) is 17.5 Å². The molecule has 8 nitrogen and oxygen atoms in total. The lowest BCUT2D eigenvalue weighted by molar-refractivity contribution is -0.149. The van der Waals surface area contributed by atoms with E-state index in [0.29, 0.717) is 17.0 Å². The van der Waals surface area contributed by atoms with Crippen molar-refractivity contribution in [1.29, 1.82) is 0 Å². The average Bonchev–Trinajstić information content (AvgIpc) is 2.72. The molecule has 30 heavy (non-hydrogen) atoms. The number of amides is 1. The highest BCUT2D eigenvalue weighted by atomic mass is 32.2. The third-order valence-electron chi connectivity index (χ3n) is 4.31. The van der Waals surface area contributed by atoms with Crippen LogP contribution < -0.4 is 10.1 Å². The van der Waals surface area contributed by atoms with Crippen molar-refractivity contribution in [3.8, 4) is 5.75 Å². The molecule has 0 unspecified atom stereocenters. The molecule has 1 amide bonds. The Labute approximate surface area is 176 Å². The number of sulfonamides is 1. The van der Waals surface area contributed by atoms with E-state index in [-0.39, 0.29) is 11.5 Å². The summed E-state index contributed by atoms with van der Waals surface area (Å²) in [6.07, 6.45) is 0.904. The highest BCUT2D eigenvalue weighted by Crippen LogP contribution is 2.22. The maximum atomic E-state index is 12.3. The van der Waals surface area contributed by atoms with Crippen molar-refractivity contribution in [2.75, 3.05) is 32.6 Å². The zero-order valence-electron chi connectivity index (χ0n) is 17.5. The summed E-state index contributed by atoms with van der Waals surface area (Å²) in [5.41, 5.74) is 2.15. The zero-order chi connectivity index (χ0) is 22.3. The van der Waals surface area contributed by atoms with Crippen LogP contribution in [0.1, 0.15) is 18.1 Å². The molecule has 162 valence electrons. The largest absolute Gasteiger partial charge is 0.482 e. The van der Waals surface area contributed by atoms with Crippen LogP contribution in [0.5, 0.6) is 5.75 Å². The third kappa shape index (κ3) is 6.30. The smallest absolute Gasteiger partial charge is 0.344 e. The Balaban J connectivity index is 1.88. The quantitative estimate of drug-likeness (QED) is 0.608. The summed E-state index contributed by atoms with van der Waals surface area (Å²) in [5.74, 6) is -0.744. The molecule has 0 atom stereocenters. The van der Waals surface area contributed by atoms with E-state index in [2.05, 4.69) is 5.32 Å². The van der Waals surface area contributed by atoms with Crippen molar-refractivity contribution in [2.24, 2.45) is 0 Å². The Morgan fingerprint density at radius 3 is 2.30 bits per heavy atom. The van der Waals surface area contributed by atoms with Gasteiger partial charge in [-0.3, -0.25) is 4.79 Å². The normalized spacial score (nSPS) is 11.2. The molecule has 1 N–H and O–H groups in total. The zero-order valence-corrected chi connectivity index (χ0v) is 18.3. The Hall–Kier alpha value is -2.91. The number of hydrogen-bond acceptors (Lipinski definition) is 6. The molecule has 0 aliphatic rings. The minimum absolute atomic E-state index is 0.0490. The number of nitrogens with zero attached hydrogens (tertiary/aromatic N) is 1. The van der Waals surface area contributed by atoms with Crippen molar-refractivity contribution in [1.82, 2.24) is 4.31 Å². The fourth-order valence-corrected chi connectivity index (χ4v) is 3.37. The molecule has 0 radical (unpaired) electrons. The molecular formula is C21H26N2O6S. The van der Waals surface area contributed by atoms with Crippen molar-refractivity contribution in [3.05, 3.63) is 53.6 Å². The molecule has 0 heterocycles. The fraction of sp³-hybridized carbons (Fsp3) is 0.333. The van der Waals surface area contributed by atoms with Gasteiger partial charge < -0.3 is 14.8 Å². The number of ether oxygens (including phenoxy) is 2. The summed E-state index contributed by atoms with van der Waals surface area (Å²) in [7, 11) is -0.788. The standard InChI is InChI=1S/C21H26N2O6S/c1-5-16-7-9-17(10-8-16)28-14-21(25)29-13-20(24)22-19-12-18(11-6-15(19)2)30(26,27)23(3)4/h6-12H,5,13-14H2,1-4H3,(H,22,24). The molecular weight excluding hydrogens is 408 g/mol. The van der Waals surface area contributed by atoms with Gasteiger partial charge in [0, 0.05) is 19.8 Å². The number of carbonyl (C=O) groups excluding carboxylic acids is 2. The number of carbonyl (C=O) groups is 2. The average molecular weight is 435 g/mol. The lowest BCUT2D eigenvalue weighted by Crippen LogP contribution is -2.25. The molecule has 0 aliphatic carbocycles.